The molecule has 0 saturated carbocycles. The molecule has 10 heteroatoms. The van der Waals surface area contributed by atoms with Crippen LogP contribution in [0, 0.1) is 0 Å². The van der Waals surface area contributed by atoms with Crippen LogP contribution in [0.4, 0.5) is 18.9 Å². The van der Waals surface area contributed by atoms with Gasteiger partial charge in [-0.2, -0.15) is 13.2 Å². The lowest BCUT2D eigenvalue weighted by molar-refractivity contribution is -0.122. The lowest BCUT2D eigenvalue weighted by Gasteiger charge is -2.12. The van der Waals surface area contributed by atoms with Crippen molar-refractivity contribution < 1.29 is 31.1 Å². The van der Waals surface area contributed by atoms with Crippen LogP contribution in [-0.4, -0.2) is 33.1 Å². The molecule has 0 saturated heterocycles. The molecule has 6 nitrogen and oxygen atoms in total. The van der Waals surface area contributed by atoms with E-state index in [4.69, 9.17) is 4.74 Å². The summed E-state index contributed by atoms with van der Waals surface area (Å²) in [5.74, 6) is 0.229. The minimum absolute atomic E-state index is 0.300. The van der Waals surface area contributed by atoms with Gasteiger partial charge in [-0.1, -0.05) is 18.2 Å². The van der Waals surface area contributed by atoms with E-state index in [1.807, 2.05) is 12.1 Å². The highest BCUT2D eigenvalue weighted by molar-refractivity contribution is 7.89. The van der Waals surface area contributed by atoms with Crippen molar-refractivity contribution in [2.24, 2.45) is 0 Å². The van der Waals surface area contributed by atoms with Crippen LogP contribution in [0.3, 0.4) is 0 Å². The van der Waals surface area contributed by atoms with Gasteiger partial charge in [-0.3, -0.25) is 4.79 Å². The van der Waals surface area contributed by atoms with Crippen molar-refractivity contribution in [3.63, 3.8) is 0 Å². The first-order valence-electron chi connectivity index (χ1n) is 7.86. The number of hydrogen-bond donors (Lipinski definition) is 2. The molecule has 1 heterocycles. The SMILES string of the molecule is O=C(Nc1ccc(S(=O)(=O)NCC(F)(F)F)cc1)[C@@H]1Cc2ccccc2O1. The summed E-state index contributed by atoms with van der Waals surface area (Å²) in [6, 6.07) is 12.1. The Hall–Kier alpha value is -2.59. The van der Waals surface area contributed by atoms with Crippen molar-refractivity contribution >= 4 is 21.6 Å². The van der Waals surface area contributed by atoms with Gasteiger partial charge < -0.3 is 10.1 Å². The Morgan fingerprint density at radius 2 is 1.78 bits per heavy atom. The van der Waals surface area contributed by atoms with Gasteiger partial charge >= 0.3 is 6.18 Å². The van der Waals surface area contributed by atoms with Crippen LogP contribution in [0.25, 0.3) is 0 Å². The van der Waals surface area contributed by atoms with E-state index >= 15 is 0 Å². The van der Waals surface area contributed by atoms with Crippen molar-refractivity contribution in [2.45, 2.75) is 23.6 Å². The van der Waals surface area contributed by atoms with Crippen LogP contribution < -0.4 is 14.8 Å². The molecule has 1 amide bonds. The number of ether oxygens (including phenoxy) is 1. The van der Waals surface area contributed by atoms with Gasteiger partial charge in [0.15, 0.2) is 6.10 Å². The fraction of sp³-hybridized carbons (Fsp3) is 0.235. The maximum atomic E-state index is 12.3. The Kier molecular flexibility index (Phi) is 5.11. The highest BCUT2D eigenvalue weighted by Crippen LogP contribution is 2.28. The maximum Gasteiger partial charge on any atom is 0.402 e. The molecular weight excluding hydrogens is 385 g/mol. The summed E-state index contributed by atoms with van der Waals surface area (Å²) in [6.07, 6.45) is -4.95. The molecule has 0 radical (unpaired) electrons. The first kappa shape index (κ1) is 19.2. The first-order chi connectivity index (χ1) is 12.6. The zero-order chi connectivity index (χ0) is 19.7. The molecule has 144 valence electrons. The Morgan fingerprint density at radius 3 is 2.41 bits per heavy atom. The fourth-order valence-corrected chi connectivity index (χ4v) is 3.54. The number of hydrogen-bond acceptors (Lipinski definition) is 4. The van der Waals surface area contributed by atoms with E-state index in [1.54, 1.807) is 12.1 Å². The van der Waals surface area contributed by atoms with Crippen molar-refractivity contribution in [2.75, 3.05) is 11.9 Å². The number of anilines is 1. The summed E-state index contributed by atoms with van der Waals surface area (Å²) >= 11 is 0. The van der Waals surface area contributed by atoms with Gasteiger partial charge in [-0.25, -0.2) is 13.1 Å². The van der Waals surface area contributed by atoms with Gasteiger partial charge in [0.25, 0.3) is 5.91 Å². The Balaban J connectivity index is 1.62. The number of para-hydroxylation sites is 1. The standard InChI is InChI=1S/C17H15F3N2O4S/c18-17(19,20)10-21-27(24,25)13-7-5-12(6-8-13)22-16(23)15-9-11-3-1-2-4-14(11)26-15/h1-8,15,21H,9-10H2,(H,22,23)/t15-/m0/s1. The molecule has 0 spiro atoms. The Morgan fingerprint density at radius 1 is 1.11 bits per heavy atom. The predicted molar refractivity (Wildman–Crippen MR) is 90.9 cm³/mol. The lowest BCUT2D eigenvalue weighted by atomic mass is 10.1. The predicted octanol–water partition coefficient (Wildman–Crippen LogP) is 2.47. The van der Waals surface area contributed by atoms with Crippen LogP contribution in [0.15, 0.2) is 53.4 Å². The molecule has 2 aromatic rings. The molecule has 0 unspecified atom stereocenters. The summed E-state index contributed by atoms with van der Waals surface area (Å²) in [5.41, 5.74) is 1.21. The molecule has 1 aliphatic heterocycles. The van der Waals surface area contributed by atoms with Gasteiger partial charge in [0.2, 0.25) is 10.0 Å². The number of carbonyl (C=O) groups is 1. The van der Waals surface area contributed by atoms with Gasteiger partial charge in [-0.05, 0) is 35.9 Å². The smallest absolute Gasteiger partial charge is 0.402 e. The van der Waals surface area contributed by atoms with Gasteiger partial charge in [-0.15, -0.1) is 0 Å². The molecule has 2 N–H and O–H groups in total. The fourth-order valence-electron chi connectivity index (χ4n) is 2.53. The van der Waals surface area contributed by atoms with Crippen molar-refractivity contribution in [3.05, 3.63) is 54.1 Å². The molecule has 1 atom stereocenters. The third-order valence-electron chi connectivity index (χ3n) is 3.83. The number of fused-ring (bicyclic) bond motifs is 1. The number of sulfonamides is 1. The number of nitrogens with one attached hydrogen (secondary N) is 2. The van der Waals surface area contributed by atoms with Crippen molar-refractivity contribution in [3.8, 4) is 5.75 Å². The molecule has 0 aromatic heterocycles. The largest absolute Gasteiger partial charge is 0.480 e. The monoisotopic (exact) mass is 400 g/mol. The van der Waals surface area contributed by atoms with Crippen LogP contribution in [-0.2, 0) is 21.2 Å². The van der Waals surface area contributed by atoms with E-state index in [1.165, 1.54) is 16.9 Å². The molecule has 0 aliphatic carbocycles. The minimum atomic E-state index is -4.65. The van der Waals surface area contributed by atoms with Crippen LogP contribution >= 0.6 is 0 Å². The normalized spacial score (nSPS) is 16.5. The summed E-state index contributed by atoms with van der Waals surface area (Å²) in [7, 11) is -4.30. The van der Waals surface area contributed by atoms with E-state index in [-0.39, 0.29) is 4.90 Å². The highest BCUT2D eigenvalue weighted by atomic mass is 32.2. The van der Waals surface area contributed by atoms with Crippen molar-refractivity contribution in [1.82, 2.24) is 4.72 Å². The van der Waals surface area contributed by atoms with Gasteiger partial charge in [0.05, 0.1) is 4.90 Å². The Bertz CT molecular complexity index is 918. The summed E-state index contributed by atoms with van der Waals surface area (Å²) in [5, 5.41) is 2.59. The molecule has 0 fully saturated rings. The summed E-state index contributed by atoms with van der Waals surface area (Å²) in [6.45, 7) is -1.66. The number of benzene rings is 2. The van der Waals surface area contributed by atoms with E-state index in [9.17, 15) is 26.4 Å². The van der Waals surface area contributed by atoms with Gasteiger partial charge in [0, 0.05) is 12.1 Å². The van der Waals surface area contributed by atoms with Gasteiger partial charge in [0.1, 0.15) is 12.3 Å². The number of rotatable bonds is 5. The van der Waals surface area contributed by atoms with E-state index in [0.29, 0.717) is 17.9 Å². The lowest BCUT2D eigenvalue weighted by Crippen LogP contribution is -2.33. The summed E-state index contributed by atoms with van der Waals surface area (Å²) < 4.78 is 67.2. The van der Waals surface area contributed by atoms with E-state index < -0.39 is 34.8 Å². The quantitative estimate of drug-likeness (QED) is 0.808. The number of alkyl halides is 3. The zero-order valence-corrected chi connectivity index (χ0v) is 14.6. The molecule has 27 heavy (non-hydrogen) atoms. The highest BCUT2D eigenvalue weighted by Gasteiger charge is 2.30. The zero-order valence-electron chi connectivity index (χ0n) is 13.8. The second-order valence-electron chi connectivity index (χ2n) is 5.87. The molecule has 0 bridgehead atoms. The number of halogens is 3. The topological polar surface area (TPSA) is 84.5 Å². The number of carbonyl (C=O) groups excluding carboxylic acids is 1. The average molecular weight is 400 g/mol. The molecular formula is C17H15F3N2O4S. The number of amides is 1. The van der Waals surface area contributed by atoms with Crippen molar-refractivity contribution in [1.29, 1.82) is 0 Å². The maximum absolute atomic E-state index is 12.3. The second-order valence-corrected chi connectivity index (χ2v) is 7.64. The second kappa shape index (κ2) is 7.20. The van der Waals surface area contributed by atoms with Crippen LogP contribution in [0.5, 0.6) is 5.75 Å². The Labute approximate surface area is 153 Å². The third-order valence-corrected chi connectivity index (χ3v) is 5.25. The molecule has 3 rings (SSSR count). The van der Waals surface area contributed by atoms with E-state index in [0.717, 1.165) is 17.7 Å². The third kappa shape index (κ3) is 4.77. The van der Waals surface area contributed by atoms with Crippen LogP contribution in [0.1, 0.15) is 5.56 Å². The molecule has 2 aromatic carbocycles. The first-order valence-corrected chi connectivity index (χ1v) is 9.34. The summed E-state index contributed by atoms with van der Waals surface area (Å²) in [4.78, 5) is 11.9. The average Bonchev–Trinajstić information content (AvgIpc) is 3.04. The van der Waals surface area contributed by atoms with E-state index in [2.05, 4.69) is 5.32 Å². The van der Waals surface area contributed by atoms with Crippen LogP contribution in [0.2, 0.25) is 0 Å². The molecule has 1 aliphatic rings. The minimum Gasteiger partial charge on any atom is -0.480 e.